The van der Waals surface area contributed by atoms with Crippen LogP contribution in [0, 0.1) is 5.92 Å². The van der Waals surface area contributed by atoms with E-state index in [1.54, 1.807) is 12.1 Å². The summed E-state index contributed by atoms with van der Waals surface area (Å²) in [5.74, 6) is 0.552. The molecule has 0 saturated heterocycles. The molecule has 0 bridgehead atoms. The van der Waals surface area contributed by atoms with Gasteiger partial charge in [-0.2, -0.15) is 0 Å². The van der Waals surface area contributed by atoms with Gasteiger partial charge in [-0.05, 0) is 37.5 Å². The molecule has 18 heavy (non-hydrogen) atoms. The molecule has 1 aromatic rings. The van der Waals surface area contributed by atoms with Crippen molar-refractivity contribution in [1.29, 1.82) is 0 Å². The van der Waals surface area contributed by atoms with Crippen molar-refractivity contribution in [1.82, 2.24) is 5.32 Å². The number of rotatable bonds is 6. The van der Waals surface area contributed by atoms with E-state index in [1.165, 1.54) is 0 Å². The second-order valence-corrected chi connectivity index (χ2v) is 4.77. The molecule has 0 heterocycles. The lowest BCUT2D eigenvalue weighted by Crippen LogP contribution is -2.24. The zero-order chi connectivity index (χ0) is 13.5. The van der Waals surface area contributed by atoms with E-state index >= 15 is 0 Å². The Morgan fingerprint density at radius 2 is 2.11 bits per heavy atom. The van der Waals surface area contributed by atoms with Crippen LogP contribution >= 0.6 is 0 Å². The highest BCUT2D eigenvalue weighted by atomic mass is 16.1. The lowest BCUT2D eigenvalue weighted by molar-refractivity contribution is 0.0956. The molecule has 4 N–H and O–H groups in total. The van der Waals surface area contributed by atoms with Crippen LogP contribution < -0.4 is 16.4 Å². The van der Waals surface area contributed by atoms with Crippen LogP contribution in [0.25, 0.3) is 0 Å². The number of carbonyl (C=O) groups is 1. The van der Waals surface area contributed by atoms with E-state index in [2.05, 4.69) is 24.5 Å². The first-order chi connectivity index (χ1) is 8.54. The summed E-state index contributed by atoms with van der Waals surface area (Å²) in [4.78, 5) is 11.9. The predicted molar refractivity (Wildman–Crippen MR) is 76.8 cm³/mol. The van der Waals surface area contributed by atoms with E-state index in [-0.39, 0.29) is 5.91 Å². The molecule has 0 unspecified atom stereocenters. The van der Waals surface area contributed by atoms with Gasteiger partial charge in [0.2, 0.25) is 0 Å². The molecule has 0 saturated carbocycles. The van der Waals surface area contributed by atoms with E-state index in [9.17, 15) is 4.79 Å². The first-order valence-corrected chi connectivity index (χ1v) is 6.46. The summed E-state index contributed by atoms with van der Waals surface area (Å²) >= 11 is 0. The maximum absolute atomic E-state index is 11.9. The van der Waals surface area contributed by atoms with Gasteiger partial charge in [0.25, 0.3) is 5.91 Å². The molecule has 0 aliphatic carbocycles. The van der Waals surface area contributed by atoms with Crippen molar-refractivity contribution in [3.05, 3.63) is 23.8 Å². The van der Waals surface area contributed by atoms with Crippen molar-refractivity contribution in [2.45, 2.75) is 27.2 Å². The van der Waals surface area contributed by atoms with Crippen molar-refractivity contribution in [3.8, 4) is 0 Å². The van der Waals surface area contributed by atoms with Crippen LogP contribution in [0.2, 0.25) is 0 Å². The minimum Gasteiger partial charge on any atom is -0.399 e. The number of hydrogen-bond acceptors (Lipinski definition) is 3. The number of benzene rings is 1. The zero-order valence-electron chi connectivity index (χ0n) is 11.4. The van der Waals surface area contributed by atoms with E-state index in [1.807, 2.05) is 13.0 Å². The van der Waals surface area contributed by atoms with E-state index < -0.39 is 0 Å². The maximum atomic E-state index is 11.9. The smallest absolute Gasteiger partial charge is 0.253 e. The summed E-state index contributed by atoms with van der Waals surface area (Å²) in [6, 6.07) is 5.38. The van der Waals surface area contributed by atoms with Gasteiger partial charge in [-0.15, -0.1) is 0 Å². The maximum Gasteiger partial charge on any atom is 0.253 e. The highest BCUT2D eigenvalue weighted by Gasteiger charge is 2.10. The van der Waals surface area contributed by atoms with E-state index in [0.717, 1.165) is 18.7 Å². The highest BCUT2D eigenvalue weighted by molar-refractivity contribution is 6.00. The molecular weight excluding hydrogens is 226 g/mol. The largest absolute Gasteiger partial charge is 0.399 e. The average molecular weight is 249 g/mol. The average Bonchev–Trinajstić information content (AvgIpc) is 2.31. The topological polar surface area (TPSA) is 67.2 Å². The second kappa shape index (κ2) is 6.89. The van der Waals surface area contributed by atoms with Crippen LogP contribution in [0.1, 0.15) is 37.6 Å². The Bertz CT molecular complexity index is 402. The molecule has 0 aliphatic heterocycles. The Balaban J connectivity index is 2.79. The first-order valence-electron chi connectivity index (χ1n) is 6.46. The van der Waals surface area contributed by atoms with Gasteiger partial charge in [-0.25, -0.2) is 0 Å². The van der Waals surface area contributed by atoms with Crippen molar-refractivity contribution in [3.63, 3.8) is 0 Å². The Kier molecular flexibility index (Phi) is 5.49. The van der Waals surface area contributed by atoms with Gasteiger partial charge in [-0.3, -0.25) is 4.79 Å². The molecular formula is C14H23N3O. The summed E-state index contributed by atoms with van der Waals surface area (Å²) in [6.45, 7) is 7.72. The lowest BCUT2D eigenvalue weighted by atomic mass is 10.1. The second-order valence-electron chi connectivity index (χ2n) is 4.77. The van der Waals surface area contributed by atoms with Crippen LogP contribution in [-0.2, 0) is 0 Å². The van der Waals surface area contributed by atoms with E-state index in [0.29, 0.717) is 23.7 Å². The number of amides is 1. The molecule has 0 aliphatic rings. The molecule has 0 fully saturated rings. The normalized spacial score (nSPS) is 10.4. The summed E-state index contributed by atoms with van der Waals surface area (Å²) in [7, 11) is 0. The van der Waals surface area contributed by atoms with Gasteiger partial charge in [0, 0.05) is 24.5 Å². The Morgan fingerprint density at radius 3 is 2.72 bits per heavy atom. The number of hydrogen-bond donors (Lipinski definition) is 3. The number of nitrogens with one attached hydrogen (secondary N) is 2. The molecule has 0 atom stereocenters. The highest BCUT2D eigenvalue weighted by Crippen LogP contribution is 2.19. The molecule has 0 aromatic heterocycles. The molecule has 0 spiro atoms. The van der Waals surface area contributed by atoms with E-state index in [4.69, 9.17) is 5.73 Å². The van der Waals surface area contributed by atoms with Crippen molar-refractivity contribution >= 4 is 17.3 Å². The van der Waals surface area contributed by atoms with Gasteiger partial charge in [0.1, 0.15) is 0 Å². The summed E-state index contributed by atoms with van der Waals surface area (Å²) < 4.78 is 0. The molecule has 4 nitrogen and oxygen atoms in total. The minimum atomic E-state index is -0.0863. The molecule has 4 heteroatoms. The summed E-state index contributed by atoms with van der Waals surface area (Å²) in [6.07, 6.45) is 1.07. The van der Waals surface area contributed by atoms with Gasteiger partial charge >= 0.3 is 0 Å². The third-order valence-corrected chi connectivity index (χ3v) is 2.66. The van der Waals surface area contributed by atoms with Gasteiger partial charge in [0.15, 0.2) is 0 Å². The minimum absolute atomic E-state index is 0.0863. The fraction of sp³-hybridized carbons (Fsp3) is 0.500. The number of nitrogens with two attached hydrogens (primary N) is 1. The molecule has 1 aromatic carbocycles. The summed E-state index contributed by atoms with van der Waals surface area (Å²) in [5.41, 5.74) is 7.79. The Morgan fingerprint density at radius 1 is 1.39 bits per heavy atom. The third-order valence-electron chi connectivity index (χ3n) is 2.66. The van der Waals surface area contributed by atoms with Gasteiger partial charge < -0.3 is 16.4 Å². The summed E-state index contributed by atoms with van der Waals surface area (Å²) in [5, 5.41) is 6.09. The fourth-order valence-electron chi connectivity index (χ4n) is 1.66. The quantitative estimate of drug-likeness (QED) is 0.678. The Labute approximate surface area is 109 Å². The van der Waals surface area contributed by atoms with Crippen molar-refractivity contribution < 1.29 is 4.79 Å². The van der Waals surface area contributed by atoms with Gasteiger partial charge in [0.05, 0.1) is 5.56 Å². The van der Waals surface area contributed by atoms with Crippen molar-refractivity contribution in [2.75, 3.05) is 24.1 Å². The van der Waals surface area contributed by atoms with Crippen LogP contribution in [0.3, 0.4) is 0 Å². The monoisotopic (exact) mass is 249 g/mol. The standard InChI is InChI=1S/C14H23N3O/c1-4-16-14(18)12-9-11(15)5-6-13(12)17-8-7-10(2)3/h5-6,9-10,17H,4,7-8,15H2,1-3H3,(H,16,18). The number of anilines is 2. The fourth-order valence-corrected chi connectivity index (χ4v) is 1.66. The van der Waals surface area contributed by atoms with Crippen molar-refractivity contribution in [2.24, 2.45) is 5.92 Å². The molecule has 0 radical (unpaired) electrons. The lowest BCUT2D eigenvalue weighted by Gasteiger charge is -2.13. The third kappa shape index (κ3) is 4.28. The van der Waals surface area contributed by atoms with Crippen LogP contribution in [0.15, 0.2) is 18.2 Å². The molecule has 100 valence electrons. The van der Waals surface area contributed by atoms with Crippen LogP contribution in [-0.4, -0.2) is 19.0 Å². The number of carbonyl (C=O) groups excluding carboxylic acids is 1. The van der Waals surface area contributed by atoms with Crippen LogP contribution in [0.5, 0.6) is 0 Å². The SMILES string of the molecule is CCNC(=O)c1cc(N)ccc1NCCC(C)C. The first kappa shape index (κ1) is 14.4. The van der Waals surface area contributed by atoms with Gasteiger partial charge in [-0.1, -0.05) is 13.8 Å². The zero-order valence-corrected chi connectivity index (χ0v) is 11.4. The molecule has 1 rings (SSSR count). The number of nitrogen functional groups attached to an aromatic ring is 1. The Hall–Kier alpha value is -1.71. The van der Waals surface area contributed by atoms with Crippen LogP contribution in [0.4, 0.5) is 11.4 Å². The molecule has 1 amide bonds. The predicted octanol–water partition coefficient (Wildman–Crippen LogP) is 2.48.